The number of aromatic nitrogens is 1. The van der Waals surface area contributed by atoms with Crippen molar-refractivity contribution in [1.29, 1.82) is 0 Å². The Labute approximate surface area is 124 Å². The molecule has 0 bridgehead atoms. The molecule has 3 nitrogen and oxygen atoms in total. The van der Waals surface area contributed by atoms with Crippen molar-refractivity contribution in [1.82, 2.24) is 9.47 Å². The third kappa shape index (κ3) is 1.36. The molecule has 0 spiro atoms. The summed E-state index contributed by atoms with van der Waals surface area (Å²) in [6.45, 7) is 5.32. The van der Waals surface area contributed by atoms with Crippen LogP contribution < -0.4 is 0 Å². The van der Waals surface area contributed by atoms with Gasteiger partial charge < -0.3 is 9.30 Å². The standard InChI is InChI=1S/C18H20N2O/c1-2-18-8-10-20-15-6-4-3-5-13(15)14-7-9-19(11-12-21-18)17(18)16(14)20/h3-6,8,10,17H,2,7,9,11-12H2,1H3/t17-,18+/m0/s1. The van der Waals surface area contributed by atoms with E-state index in [-0.39, 0.29) is 5.60 Å². The zero-order chi connectivity index (χ0) is 14.0. The van der Waals surface area contributed by atoms with Crippen molar-refractivity contribution in [2.24, 2.45) is 0 Å². The van der Waals surface area contributed by atoms with E-state index in [0.29, 0.717) is 6.04 Å². The molecule has 1 aromatic carbocycles. The third-order valence-electron chi connectivity index (χ3n) is 5.60. The minimum Gasteiger partial charge on any atom is -0.367 e. The van der Waals surface area contributed by atoms with E-state index in [1.54, 1.807) is 5.56 Å². The SMILES string of the molecule is CC[C@]12C=Cn3c4c(c5ccccc53)CCN(CCO1)[C@@H]42. The highest BCUT2D eigenvalue weighted by atomic mass is 16.5. The van der Waals surface area contributed by atoms with Crippen LogP contribution in [0.4, 0.5) is 0 Å². The van der Waals surface area contributed by atoms with Crippen LogP contribution in [0, 0.1) is 0 Å². The average molecular weight is 280 g/mol. The van der Waals surface area contributed by atoms with Gasteiger partial charge in [-0.3, -0.25) is 4.90 Å². The van der Waals surface area contributed by atoms with Crippen molar-refractivity contribution < 1.29 is 4.74 Å². The maximum Gasteiger partial charge on any atom is 0.109 e. The summed E-state index contributed by atoms with van der Waals surface area (Å²) in [5.74, 6) is 0. The molecule has 1 saturated heterocycles. The first kappa shape index (κ1) is 12.0. The minimum absolute atomic E-state index is 0.127. The molecular formula is C18H20N2O. The molecule has 2 aromatic rings. The van der Waals surface area contributed by atoms with Crippen LogP contribution in [0.5, 0.6) is 0 Å². The number of hydrogen-bond acceptors (Lipinski definition) is 2. The highest BCUT2D eigenvalue weighted by Crippen LogP contribution is 2.49. The molecule has 21 heavy (non-hydrogen) atoms. The number of para-hydroxylation sites is 1. The molecule has 3 heteroatoms. The quantitative estimate of drug-likeness (QED) is 0.798. The Morgan fingerprint density at radius 2 is 2.19 bits per heavy atom. The largest absolute Gasteiger partial charge is 0.367 e. The maximum absolute atomic E-state index is 6.29. The fourth-order valence-electron chi connectivity index (χ4n) is 4.60. The molecule has 1 aromatic heterocycles. The van der Waals surface area contributed by atoms with Crippen LogP contribution >= 0.6 is 0 Å². The highest BCUT2D eigenvalue weighted by Gasteiger charge is 2.49. The zero-order valence-corrected chi connectivity index (χ0v) is 12.4. The van der Waals surface area contributed by atoms with Gasteiger partial charge in [0.1, 0.15) is 5.60 Å². The van der Waals surface area contributed by atoms with Crippen LogP contribution in [-0.2, 0) is 11.2 Å². The predicted molar refractivity (Wildman–Crippen MR) is 84.3 cm³/mol. The Balaban J connectivity index is 1.86. The van der Waals surface area contributed by atoms with Gasteiger partial charge in [0, 0.05) is 30.4 Å². The van der Waals surface area contributed by atoms with Crippen LogP contribution in [0.2, 0.25) is 0 Å². The lowest BCUT2D eigenvalue weighted by molar-refractivity contribution is -0.129. The maximum atomic E-state index is 6.29. The molecule has 2 atom stereocenters. The molecule has 1 fully saturated rings. The Kier molecular flexibility index (Phi) is 2.28. The van der Waals surface area contributed by atoms with Crippen molar-refractivity contribution in [2.45, 2.75) is 31.4 Å². The van der Waals surface area contributed by atoms with Crippen LogP contribution in [0.25, 0.3) is 17.1 Å². The van der Waals surface area contributed by atoms with E-state index in [9.17, 15) is 0 Å². The second-order valence-electron chi connectivity index (χ2n) is 6.41. The Morgan fingerprint density at radius 1 is 1.29 bits per heavy atom. The van der Waals surface area contributed by atoms with E-state index in [4.69, 9.17) is 4.74 Å². The van der Waals surface area contributed by atoms with Gasteiger partial charge in [0.15, 0.2) is 0 Å². The van der Waals surface area contributed by atoms with Gasteiger partial charge in [0.05, 0.1) is 18.2 Å². The van der Waals surface area contributed by atoms with Gasteiger partial charge in [-0.25, -0.2) is 0 Å². The fourth-order valence-corrected chi connectivity index (χ4v) is 4.60. The summed E-state index contributed by atoms with van der Waals surface area (Å²) in [7, 11) is 0. The molecule has 5 rings (SSSR count). The Morgan fingerprint density at radius 3 is 3.10 bits per heavy atom. The van der Waals surface area contributed by atoms with E-state index < -0.39 is 0 Å². The van der Waals surface area contributed by atoms with E-state index in [1.165, 1.54) is 16.6 Å². The topological polar surface area (TPSA) is 17.4 Å². The van der Waals surface area contributed by atoms with Crippen LogP contribution in [0.15, 0.2) is 30.3 Å². The van der Waals surface area contributed by atoms with Gasteiger partial charge in [-0.05, 0) is 30.5 Å². The second kappa shape index (κ2) is 3.99. The van der Waals surface area contributed by atoms with Gasteiger partial charge in [-0.15, -0.1) is 0 Å². The molecule has 3 aliphatic heterocycles. The van der Waals surface area contributed by atoms with E-state index in [0.717, 1.165) is 32.5 Å². The molecule has 4 heterocycles. The molecule has 0 saturated carbocycles. The second-order valence-corrected chi connectivity index (χ2v) is 6.41. The number of hydrogen-bond donors (Lipinski definition) is 0. The van der Waals surface area contributed by atoms with Crippen LogP contribution in [-0.4, -0.2) is 34.8 Å². The number of morpholine rings is 1. The van der Waals surface area contributed by atoms with Gasteiger partial charge in [-0.2, -0.15) is 0 Å². The normalized spacial score (nSPS) is 30.6. The summed E-state index contributed by atoms with van der Waals surface area (Å²) in [4.78, 5) is 2.63. The number of ether oxygens (including phenoxy) is 1. The number of benzene rings is 1. The summed E-state index contributed by atoms with van der Waals surface area (Å²) in [6, 6.07) is 9.20. The monoisotopic (exact) mass is 280 g/mol. The molecule has 108 valence electrons. The van der Waals surface area contributed by atoms with Crippen molar-refractivity contribution in [2.75, 3.05) is 19.7 Å². The molecule has 0 radical (unpaired) electrons. The minimum atomic E-state index is -0.127. The van der Waals surface area contributed by atoms with Crippen molar-refractivity contribution in [3.63, 3.8) is 0 Å². The van der Waals surface area contributed by atoms with Gasteiger partial charge in [0.2, 0.25) is 0 Å². The summed E-state index contributed by atoms with van der Waals surface area (Å²) in [5, 5.41) is 1.43. The van der Waals surface area contributed by atoms with Crippen LogP contribution in [0.1, 0.15) is 30.6 Å². The molecule has 0 unspecified atom stereocenters. The van der Waals surface area contributed by atoms with Gasteiger partial charge >= 0.3 is 0 Å². The first-order valence-corrected chi connectivity index (χ1v) is 8.03. The van der Waals surface area contributed by atoms with Crippen molar-refractivity contribution >= 4 is 17.1 Å². The number of rotatable bonds is 1. The first-order chi connectivity index (χ1) is 10.3. The lowest BCUT2D eigenvalue weighted by atomic mass is 9.80. The Bertz CT molecular complexity index is 760. The number of fused-ring (bicyclic) bond motifs is 3. The Hall–Kier alpha value is -1.58. The van der Waals surface area contributed by atoms with Gasteiger partial charge in [-0.1, -0.05) is 25.1 Å². The van der Waals surface area contributed by atoms with E-state index in [2.05, 4.69) is 52.9 Å². The highest BCUT2D eigenvalue weighted by molar-refractivity contribution is 5.88. The van der Waals surface area contributed by atoms with E-state index in [1.807, 2.05) is 0 Å². The fraction of sp³-hybridized carbons (Fsp3) is 0.444. The summed E-state index contributed by atoms with van der Waals surface area (Å²) in [5.41, 5.74) is 4.24. The summed E-state index contributed by atoms with van der Waals surface area (Å²) in [6.07, 6.45) is 6.74. The molecular weight excluding hydrogens is 260 g/mol. The number of nitrogens with zero attached hydrogens (tertiary/aromatic N) is 2. The lowest BCUT2D eigenvalue weighted by Gasteiger charge is -2.52. The van der Waals surface area contributed by atoms with Crippen molar-refractivity contribution in [3.05, 3.63) is 41.6 Å². The lowest BCUT2D eigenvalue weighted by Crippen LogP contribution is -2.56. The van der Waals surface area contributed by atoms with Crippen molar-refractivity contribution in [3.8, 4) is 0 Å². The first-order valence-electron chi connectivity index (χ1n) is 8.03. The molecule has 0 N–H and O–H groups in total. The molecule has 0 aliphatic carbocycles. The summed E-state index contributed by atoms with van der Waals surface area (Å²) < 4.78 is 8.70. The molecule has 0 amide bonds. The van der Waals surface area contributed by atoms with Crippen LogP contribution in [0.3, 0.4) is 0 Å². The molecule has 3 aliphatic rings. The average Bonchev–Trinajstić information content (AvgIpc) is 2.88. The smallest absolute Gasteiger partial charge is 0.109 e. The predicted octanol–water partition coefficient (Wildman–Crippen LogP) is 3.20. The summed E-state index contributed by atoms with van der Waals surface area (Å²) >= 11 is 0. The van der Waals surface area contributed by atoms with E-state index >= 15 is 0 Å². The third-order valence-corrected chi connectivity index (χ3v) is 5.60. The zero-order valence-electron chi connectivity index (χ0n) is 12.4. The van der Waals surface area contributed by atoms with Gasteiger partial charge in [0.25, 0.3) is 0 Å².